The monoisotopic (exact) mass is 330 g/mol. The van der Waals surface area contributed by atoms with Crippen LogP contribution < -0.4 is 10.5 Å². The molecule has 6 heteroatoms. The summed E-state index contributed by atoms with van der Waals surface area (Å²) < 4.78 is 5.12. The van der Waals surface area contributed by atoms with Crippen molar-refractivity contribution in [1.82, 2.24) is 9.97 Å². The Morgan fingerprint density at radius 1 is 1.38 bits per heavy atom. The molecule has 1 aliphatic heterocycles. The van der Waals surface area contributed by atoms with Crippen LogP contribution in [-0.2, 0) is 9.53 Å². The quantitative estimate of drug-likeness (QED) is 0.815. The molecule has 2 aromatic rings. The van der Waals surface area contributed by atoms with E-state index in [0.29, 0.717) is 17.8 Å². The van der Waals surface area contributed by atoms with Gasteiger partial charge in [0.15, 0.2) is 5.82 Å². The van der Waals surface area contributed by atoms with E-state index in [-0.39, 0.29) is 23.5 Å². The molecule has 0 amide bonds. The summed E-state index contributed by atoms with van der Waals surface area (Å²) in [5.74, 6) is 0.634. The van der Waals surface area contributed by atoms with Crippen molar-refractivity contribution in [3.8, 4) is 0 Å². The number of carbonyl (C=O) groups excluding carboxylic acids is 1. The van der Waals surface area contributed by atoms with Crippen LogP contribution in [0.3, 0.4) is 0 Å². The number of rotatable bonds is 4. The normalized spacial score (nSPS) is 22.2. The fraction of sp³-hybridized carbons (Fsp3) is 0.500. The van der Waals surface area contributed by atoms with Gasteiger partial charge in [-0.05, 0) is 26.0 Å². The predicted molar refractivity (Wildman–Crippen MR) is 90.8 cm³/mol. The van der Waals surface area contributed by atoms with E-state index in [2.05, 4.69) is 16.9 Å². The summed E-state index contributed by atoms with van der Waals surface area (Å²) in [6.07, 6.45) is 1.63. The zero-order chi connectivity index (χ0) is 17.1. The van der Waals surface area contributed by atoms with Crippen molar-refractivity contribution in [2.45, 2.75) is 32.7 Å². The topological polar surface area (TPSA) is 76.5 Å². The third kappa shape index (κ3) is 3.33. The Morgan fingerprint density at radius 3 is 2.79 bits per heavy atom. The Hall–Kier alpha value is -2.21. The summed E-state index contributed by atoms with van der Waals surface area (Å²) >= 11 is 0. The fourth-order valence-corrected chi connectivity index (χ4v) is 3.42. The minimum Gasteiger partial charge on any atom is -0.466 e. The van der Waals surface area contributed by atoms with E-state index in [4.69, 9.17) is 4.74 Å². The molecule has 3 rings (SSSR count). The molecule has 128 valence electrons. The van der Waals surface area contributed by atoms with Crippen molar-refractivity contribution in [3.05, 3.63) is 40.4 Å². The highest BCUT2D eigenvalue weighted by molar-refractivity contribution is 5.77. The van der Waals surface area contributed by atoms with Crippen LogP contribution in [0.2, 0.25) is 0 Å². The first-order valence-electron chi connectivity index (χ1n) is 8.60. The van der Waals surface area contributed by atoms with Crippen LogP contribution in [0.4, 0.5) is 0 Å². The van der Waals surface area contributed by atoms with Gasteiger partial charge < -0.3 is 14.6 Å². The summed E-state index contributed by atoms with van der Waals surface area (Å²) in [5.41, 5.74) is 0.632. The lowest BCUT2D eigenvalue weighted by atomic mass is 9.96. The van der Waals surface area contributed by atoms with Gasteiger partial charge in [0, 0.05) is 12.8 Å². The maximum absolute atomic E-state index is 12.2. The zero-order valence-electron chi connectivity index (χ0n) is 14.2. The lowest BCUT2D eigenvalue weighted by Gasteiger charge is -2.31. The molecule has 1 saturated heterocycles. The summed E-state index contributed by atoms with van der Waals surface area (Å²) in [6.45, 7) is 6.10. The average molecular weight is 330 g/mol. The highest BCUT2D eigenvalue weighted by Gasteiger charge is 2.32. The van der Waals surface area contributed by atoms with Crippen molar-refractivity contribution in [3.63, 3.8) is 0 Å². The number of aromatic amines is 1. The number of fused-ring (bicyclic) bond motifs is 1. The van der Waals surface area contributed by atoms with E-state index in [0.717, 1.165) is 31.4 Å². The number of nitrogens with one attached hydrogen (secondary N) is 2. The van der Waals surface area contributed by atoms with E-state index in [1.807, 2.05) is 25.1 Å². The first kappa shape index (κ1) is 16.6. The minimum absolute atomic E-state index is 0.00418. The number of para-hydroxylation sites is 1. The molecule has 0 unspecified atom stereocenters. The Balaban J connectivity index is 1.73. The number of nitrogens with zero attached hydrogens (tertiary/aromatic N) is 1. The van der Waals surface area contributed by atoms with E-state index >= 15 is 0 Å². The number of carbonyl (C=O) groups is 1. The van der Waals surface area contributed by atoms with Crippen LogP contribution in [-0.4, -0.2) is 35.6 Å². The molecular formula is C18H24N3O3+. The molecule has 2 N–H and O–H groups in total. The molecule has 0 saturated carbocycles. The van der Waals surface area contributed by atoms with Gasteiger partial charge in [-0.3, -0.25) is 9.59 Å². The van der Waals surface area contributed by atoms with Gasteiger partial charge in [-0.1, -0.05) is 12.1 Å². The molecule has 1 fully saturated rings. The molecule has 6 nitrogen and oxygen atoms in total. The molecule has 1 aromatic carbocycles. The van der Waals surface area contributed by atoms with Crippen molar-refractivity contribution in [2.75, 3.05) is 19.7 Å². The van der Waals surface area contributed by atoms with Gasteiger partial charge in [-0.15, -0.1) is 0 Å². The Kier molecular flexibility index (Phi) is 4.94. The van der Waals surface area contributed by atoms with Crippen LogP contribution in [0.25, 0.3) is 10.9 Å². The molecule has 0 radical (unpaired) electrons. The van der Waals surface area contributed by atoms with Crippen LogP contribution in [0, 0.1) is 5.92 Å². The van der Waals surface area contributed by atoms with Gasteiger partial charge in [-0.25, -0.2) is 4.98 Å². The number of benzene rings is 1. The molecule has 1 atom stereocenters. The number of aromatic nitrogens is 2. The van der Waals surface area contributed by atoms with Crippen LogP contribution in [0.15, 0.2) is 29.1 Å². The largest absolute Gasteiger partial charge is 0.466 e. The lowest BCUT2D eigenvalue weighted by Crippen LogP contribution is -3.13. The standard InChI is InChI=1S/C18H23N3O3/c1-3-24-18(23)13-8-10-21(11-9-13)12(2)16-19-15-7-5-4-6-14(15)17(22)20-16/h4-7,12-13H,3,8-11H2,1-2H3,(H,19,20,22)/p+1/t12-/m0/s1. The average Bonchev–Trinajstić information content (AvgIpc) is 2.61. The van der Waals surface area contributed by atoms with Crippen LogP contribution >= 0.6 is 0 Å². The number of ether oxygens (including phenoxy) is 1. The summed E-state index contributed by atoms with van der Waals surface area (Å²) in [5, 5.41) is 0.615. The van der Waals surface area contributed by atoms with Gasteiger partial charge in [0.25, 0.3) is 5.56 Å². The molecule has 0 bridgehead atoms. The molecule has 24 heavy (non-hydrogen) atoms. The van der Waals surface area contributed by atoms with E-state index in [1.54, 1.807) is 6.07 Å². The van der Waals surface area contributed by atoms with Gasteiger partial charge in [0.2, 0.25) is 0 Å². The fourth-order valence-electron chi connectivity index (χ4n) is 3.42. The minimum atomic E-state index is -0.0942. The maximum atomic E-state index is 12.2. The summed E-state index contributed by atoms with van der Waals surface area (Å²) in [7, 11) is 0. The van der Waals surface area contributed by atoms with Gasteiger partial charge in [-0.2, -0.15) is 0 Å². The van der Waals surface area contributed by atoms with Crippen molar-refractivity contribution in [1.29, 1.82) is 0 Å². The van der Waals surface area contributed by atoms with Crippen molar-refractivity contribution in [2.24, 2.45) is 5.92 Å². The number of piperidine rings is 1. The smallest absolute Gasteiger partial charge is 0.309 e. The number of H-pyrrole nitrogens is 1. The molecule has 1 aliphatic rings. The third-order valence-electron chi connectivity index (χ3n) is 4.90. The second-order valence-electron chi connectivity index (χ2n) is 6.37. The number of likely N-dealkylation sites (tertiary alicyclic amines) is 1. The van der Waals surface area contributed by atoms with E-state index in [1.165, 1.54) is 4.90 Å². The van der Waals surface area contributed by atoms with E-state index < -0.39 is 0 Å². The number of hydrogen-bond donors (Lipinski definition) is 2. The van der Waals surface area contributed by atoms with Gasteiger partial charge in [0.05, 0.1) is 36.5 Å². The molecule has 1 aromatic heterocycles. The molecular weight excluding hydrogens is 306 g/mol. The third-order valence-corrected chi connectivity index (χ3v) is 4.90. The Labute approximate surface area is 140 Å². The maximum Gasteiger partial charge on any atom is 0.309 e. The van der Waals surface area contributed by atoms with Crippen LogP contribution in [0.1, 0.15) is 38.6 Å². The highest BCUT2D eigenvalue weighted by atomic mass is 16.5. The molecule has 0 aliphatic carbocycles. The summed E-state index contributed by atoms with van der Waals surface area (Å²) in [4.78, 5) is 33.0. The SMILES string of the molecule is CCOC(=O)C1CC[NH+]([C@@H](C)c2nc3ccccc3c(=O)[nH]2)CC1. The van der Waals surface area contributed by atoms with Crippen molar-refractivity contribution >= 4 is 16.9 Å². The second-order valence-corrected chi connectivity index (χ2v) is 6.37. The molecule has 2 heterocycles. The first-order chi connectivity index (χ1) is 11.6. The number of hydrogen-bond acceptors (Lipinski definition) is 4. The highest BCUT2D eigenvalue weighted by Crippen LogP contribution is 2.14. The Bertz CT molecular complexity index is 778. The molecule has 0 spiro atoms. The zero-order valence-corrected chi connectivity index (χ0v) is 14.2. The first-order valence-corrected chi connectivity index (χ1v) is 8.60. The second kappa shape index (κ2) is 7.13. The van der Waals surface area contributed by atoms with Crippen LogP contribution in [0.5, 0.6) is 0 Å². The van der Waals surface area contributed by atoms with Crippen molar-refractivity contribution < 1.29 is 14.4 Å². The van der Waals surface area contributed by atoms with Gasteiger partial charge >= 0.3 is 5.97 Å². The predicted octanol–water partition coefficient (Wildman–Crippen LogP) is 0.842. The Morgan fingerprint density at radius 2 is 2.08 bits per heavy atom. The van der Waals surface area contributed by atoms with Gasteiger partial charge in [0.1, 0.15) is 6.04 Å². The van der Waals surface area contributed by atoms with E-state index in [9.17, 15) is 9.59 Å². The summed E-state index contributed by atoms with van der Waals surface area (Å²) in [6, 6.07) is 7.47. The number of esters is 1. The lowest BCUT2D eigenvalue weighted by molar-refractivity contribution is -0.935. The number of quaternary nitrogens is 1.